The molecule has 1 aromatic carbocycles. The van der Waals surface area contributed by atoms with E-state index in [0.717, 1.165) is 18.8 Å². The van der Waals surface area contributed by atoms with Crippen LogP contribution in [0.25, 0.3) is 0 Å². The summed E-state index contributed by atoms with van der Waals surface area (Å²) in [5.74, 6) is 1.38. The molecule has 2 atom stereocenters. The lowest BCUT2D eigenvalue weighted by Crippen LogP contribution is -2.28. The number of benzene rings is 1. The Morgan fingerprint density at radius 2 is 2.12 bits per heavy atom. The fourth-order valence-corrected chi connectivity index (χ4v) is 2.44. The van der Waals surface area contributed by atoms with Crippen molar-refractivity contribution in [1.29, 1.82) is 0 Å². The van der Waals surface area contributed by atoms with Crippen molar-refractivity contribution in [3.8, 4) is 5.75 Å². The number of rotatable bonds is 3. The average molecular weight is 220 g/mol. The largest absolute Gasteiger partial charge is 0.494 e. The van der Waals surface area contributed by atoms with Crippen molar-refractivity contribution in [3.05, 3.63) is 29.8 Å². The summed E-state index contributed by atoms with van der Waals surface area (Å²) < 4.78 is 5.66. The van der Waals surface area contributed by atoms with Gasteiger partial charge in [0.2, 0.25) is 0 Å². The molecule has 0 aromatic heterocycles. The highest BCUT2D eigenvalue weighted by molar-refractivity contribution is 5.38. The van der Waals surface area contributed by atoms with Gasteiger partial charge in [0.05, 0.1) is 6.61 Å². The van der Waals surface area contributed by atoms with Crippen LogP contribution < -0.4 is 10.5 Å². The molecule has 1 aliphatic rings. The molecule has 0 spiro atoms. The number of likely N-dealkylation sites (N-methyl/N-ethyl adjacent to an activating group) is 1. The Morgan fingerprint density at radius 1 is 1.38 bits per heavy atom. The highest BCUT2D eigenvalue weighted by Crippen LogP contribution is 2.32. The first-order valence-electron chi connectivity index (χ1n) is 5.88. The molecule has 2 unspecified atom stereocenters. The summed E-state index contributed by atoms with van der Waals surface area (Å²) in [6, 6.07) is 8.45. The first-order valence-corrected chi connectivity index (χ1v) is 5.88. The maximum absolute atomic E-state index is 6.17. The van der Waals surface area contributed by atoms with Gasteiger partial charge in [-0.2, -0.15) is 0 Å². The molecule has 16 heavy (non-hydrogen) atoms. The van der Waals surface area contributed by atoms with Gasteiger partial charge in [0.25, 0.3) is 0 Å². The molecule has 1 aromatic rings. The van der Waals surface area contributed by atoms with Crippen molar-refractivity contribution < 1.29 is 4.74 Å². The quantitative estimate of drug-likeness (QED) is 0.837. The predicted molar refractivity (Wildman–Crippen MR) is 65.8 cm³/mol. The zero-order chi connectivity index (χ0) is 11.5. The van der Waals surface area contributed by atoms with Crippen LogP contribution in [0.1, 0.15) is 18.4 Å². The van der Waals surface area contributed by atoms with Gasteiger partial charge < -0.3 is 15.4 Å². The van der Waals surface area contributed by atoms with Crippen molar-refractivity contribution >= 4 is 0 Å². The van der Waals surface area contributed by atoms with Gasteiger partial charge in [-0.25, -0.2) is 0 Å². The van der Waals surface area contributed by atoms with Crippen LogP contribution in [-0.4, -0.2) is 37.7 Å². The first kappa shape index (κ1) is 11.4. The summed E-state index contributed by atoms with van der Waals surface area (Å²) in [5.41, 5.74) is 7.42. The van der Waals surface area contributed by atoms with Gasteiger partial charge in [0.15, 0.2) is 0 Å². The van der Waals surface area contributed by atoms with E-state index in [2.05, 4.69) is 24.1 Å². The summed E-state index contributed by atoms with van der Waals surface area (Å²) in [5, 5.41) is 0. The van der Waals surface area contributed by atoms with E-state index in [1.807, 2.05) is 19.1 Å². The van der Waals surface area contributed by atoms with Crippen LogP contribution in [0, 0.1) is 0 Å². The number of hydrogen-bond acceptors (Lipinski definition) is 3. The molecule has 1 fully saturated rings. The predicted octanol–water partition coefficient (Wildman–Crippen LogP) is 1.44. The second-order valence-corrected chi connectivity index (χ2v) is 4.46. The van der Waals surface area contributed by atoms with Crippen LogP contribution in [0.15, 0.2) is 24.3 Å². The van der Waals surface area contributed by atoms with Gasteiger partial charge in [0.1, 0.15) is 5.75 Å². The molecule has 2 N–H and O–H groups in total. The van der Waals surface area contributed by atoms with Gasteiger partial charge in [-0.3, -0.25) is 0 Å². The fourth-order valence-electron chi connectivity index (χ4n) is 2.44. The molecule has 0 amide bonds. The number of ether oxygens (including phenoxy) is 1. The maximum Gasteiger partial charge on any atom is 0.122 e. The monoisotopic (exact) mass is 220 g/mol. The molecule has 1 saturated heterocycles. The molecule has 0 bridgehead atoms. The highest BCUT2D eigenvalue weighted by atomic mass is 16.5. The molecule has 88 valence electrons. The van der Waals surface area contributed by atoms with E-state index >= 15 is 0 Å². The minimum absolute atomic E-state index is 0.214. The molecule has 3 heteroatoms. The van der Waals surface area contributed by atoms with E-state index in [9.17, 15) is 0 Å². The number of nitrogens with zero attached hydrogens (tertiary/aromatic N) is 1. The number of hydrogen-bond donors (Lipinski definition) is 1. The summed E-state index contributed by atoms with van der Waals surface area (Å²) >= 11 is 0. The van der Waals surface area contributed by atoms with Crippen LogP contribution >= 0.6 is 0 Å². The first-order chi connectivity index (χ1) is 7.72. The van der Waals surface area contributed by atoms with Gasteiger partial charge in [-0.15, -0.1) is 0 Å². The standard InChI is InChI=1S/C13H20N2O/c1-3-16-13-7-5-4-6-10(13)11-8-15(2)9-12(11)14/h4-7,11-12H,3,8-9,14H2,1-2H3. The van der Waals surface area contributed by atoms with Crippen LogP contribution in [0.2, 0.25) is 0 Å². The third-order valence-corrected chi connectivity index (χ3v) is 3.17. The lowest BCUT2D eigenvalue weighted by atomic mass is 9.94. The Kier molecular flexibility index (Phi) is 3.46. The molecule has 0 radical (unpaired) electrons. The minimum Gasteiger partial charge on any atom is -0.494 e. The Labute approximate surface area is 97.2 Å². The summed E-state index contributed by atoms with van der Waals surface area (Å²) in [6.07, 6.45) is 0. The normalized spacial score (nSPS) is 25.9. The lowest BCUT2D eigenvalue weighted by Gasteiger charge is -2.18. The van der Waals surface area contributed by atoms with Gasteiger partial charge in [-0.1, -0.05) is 18.2 Å². The van der Waals surface area contributed by atoms with E-state index < -0.39 is 0 Å². The smallest absolute Gasteiger partial charge is 0.122 e. The molecule has 0 aliphatic carbocycles. The van der Waals surface area contributed by atoms with Crippen molar-refractivity contribution in [1.82, 2.24) is 4.90 Å². The molecule has 0 saturated carbocycles. The lowest BCUT2D eigenvalue weighted by molar-refractivity contribution is 0.332. The van der Waals surface area contributed by atoms with Crippen molar-refractivity contribution in [2.45, 2.75) is 18.9 Å². The molecule has 3 nitrogen and oxygen atoms in total. The molecule has 2 rings (SSSR count). The highest BCUT2D eigenvalue weighted by Gasteiger charge is 2.30. The van der Waals surface area contributed by atoms with E-state index in [1.165, 1.54) is 5.56 Å². The Hall–Kier alpha value is -1.06. The topological polar surface area (TPSA) is 38.5 Å². The van der Waals surface area contributed by atoms with Crippen LogP contribution in [0.4, 0.5) is 0 Å². The number of likely N-dealkylation sites (tertiary alicyclic amines) is 1. The zero-order valence-electron chi connectivity index (χ0n) is 10.0. The fraction of sp³-hybridized carbons (Fsp3) is 0.538. The SMILES string of the molecule is CCOc1ccccc1C1CN(C)CC1N. The van der Waals surface area contributed by atoms with E-state index in [4.69, 9.17) is 10.5 Å². The van der Waals surface area contributed by atoms with Crippen molar-refractivity contribution in [2.24, 2.45) is 5.73 Å². The second kappa shape index (κ2) is 4.85. The third kappa shape index (κ3) is 2.20. The molecule has 1 heterocycles. The third-order valence-electron chi connectivity index (χ3n) is 3.17. The van der Waals surface area contributed by atoms with E-state index in [-0.39, 0.29) is 6.04 Å². The van der Waals surface area contributed by atoms with Crippen molar-refractivity contribution in [2.75, 3.05) is 26.7 Å². The summed E-state index contributed by atoms with van der Waals surface area (Å²) in [4.78, 5) is 2.28. The molecule has 1 aliphatic heterocycles. The molecular weight excluding hydrogens is 200 g/mol. The zero-order valence-corrected chi connectivity index (χ0v) is 10.0. The molecular formula is C13H20N2O. The number of para-hydroxylation sites is 1. The maximum atomic E-state index is 6.17. The van der Waals surface area contributed by atoms with Gasteiger partial charge >= 0.3 is 0 Å². The van der Waals surface area contributed by atoms with E-state index in [1.54, 1.807) is 0 Å². The second-order valence-electron chi connectivity index (χ2n) is 4.46. The number of nitrogens with two attached hydrogens (primary N) is 1. The van der Waals surface area contributed by atoms with Crippen LogP contribution in [0.3, 0.4) is 0 Å². The Bertz CT molecular complexity index is 354. The van der Waals surface area contributed by atoms with Crippen molar-refractivity contribution in [3.63, 3.8) is 0 Å². The average Bonchev–Trinajstić information content (AvgIpc) is 2.59. The van der Waals surface area contributed by atoms with Gasteiger partial charge in [0, 0.05) is 30.6 Å². The van der Waals surface area contributed by atoms with Gasteiger partial charge in [-0.05, 0) is 20.0 Å². The Morgan fingerprint density at radius 3 is 2.75 bits per heavy atom. The minimum atomic E-state index is 0.214. The summed E-state index contributed by atoms with van der Waals surface area (Å²) in [7, 11) is 2.11. The summed E-state index contributed by atoms with van der Waals surface area (Å²) in [6.45, 7) is 4.70. The van der Waals surface area contributed by atoms with Crippen LogP contribution in [-0.2, 0) is 0 Å². The van der Waals surface area contributed by atoms with E-state index in [0.29, 0.717) is 12.5 Å². The Balaban J connectivity index is 2.25. The van der Waals surface area contributed by atoms with Crippen LogP contribution in [0.5, 0.6) is 5.75 Å².